The summed E-state index contributed by atoms with van der Waals surface area (Å²) in [7, 11) is -19.3. The van der Waals surface area contributed by atoms with Crippen LogP contribution in [0.5, 0.6) is 5.75 Å². The number of fused-ring (bicyclic) bond motifs is 2. The second-order valence-corrected chi connectivity index (χ2v) is 37.0. The molecule has 3 saturated heterocycles. The predicted octanol–water partition coefficient (Wildman–Crippen LogP) is 11.6. The number of anilines is 2. The van der Waals surface area contributed by atoms with Gasteiger partial charge in [0.15, 0.2) is 64.9 Å². The summed E-state index contributed by atoms with van der Waals surface area (Å²) in [5, 5.41) is 23.8. The summed E-state index contributed by atoms with van der Waals surface area (Å²) in [6, 6.07) is 68.1. The predicted molar refractivity (Wildman–Crippen MR) is 488 cm³/mol. The number of carbonyl (C=O) groups excluding carboxylic acids is 5. The quantitative estimate of drug-likeness (QED) is 0.00911. The second-order valence-electron chi connectivity index (χ2n) is 30.9. The van der Waals surface area contributed by atoms with Crippen LogP contribution < -0.4 is 26.2 Å². The Kier molecular flexibility index (Phi) is 30.9. The minimum atomic E-state index is -5.85. The van der Waals surface area contributed by atoms with E-state index in [0.717, 1.165) is 55.2 Å². The van der Waals surface area contributed by atoms with Crippen LogP contribution in [-0.4, -0.2) is 202 Å². The van der Waals surface area contributed by atoms with E-state index in [1.54, 1.807) is 66.7 Å². The molecule has 15 atom stereocenters. The number of aromatic nitrogens is 10. The van der Waals surface area contributed by atoms with Gasteiger partial charge >= 0.3 is 48.9 Å². The molecule has 0 bridgehead atoms. The monoisotopic (exact) mass is 1990 g/mol. The number of esters is 2. The minimum Gasteiger partial charge on any atom is -0.497 e. The molecule has 140 heavy (non-hydrogen) atoms. The number of phosphoric acid groups is 4. The molecule has 0 spiro atoms. The molecule has 8 aromatic carbocycles. The highest BCUT2D eigenvalue weighted by Gasteiger charge is 2.58. The van der Waals surface area contributed by atoms with Crippen LogP contribution in [0.15, 0.2) is 284 Å². The number of benzene rings is 8. The van der Waals surface area contributed by atoms with E-state index in [1.807, 2.05) is 84.9 Å². The number of carbonyl (C=O) groups is 5. The van der Waals surface area contributed by atoms with Gasteiger partial charge in [-0.1, -0.05) is 164 Å². The lowest BCUT2D eigenvalue weighted by atomic mass is 9.77. The first-order chi connectivity index (χ1) is 67.7. The van der Waals surface area contributed by atoms with Gasteiger partial charge in [0, 0.05) is 43.2 Å². The summed E-state index contributed by atoms with van der Waals surface area (Å²) in [5.74, 6) is -4.62. The zero-order chi connectivity index (χ0) is 98.5. The second kappa shape index (κ2) is 43.7. The number of nitriles is 2. The Bertz CT molecular complexity index is 6970. The third-order valence-corrected chi connectivity index (χ3v) is 27.5. The summed E-state index contributed by atoms with van der Waals surface area (Å²) in [4.78, 5) is 161. The lowest BCUT2D eigenvalue weighted by Gasteiger charge is -2.37. The Morgan fingerprint density at radius 3 is 1.33 bits per heavy atom. The topological polar surface area (TPSA) is 556 Å². The number of hydrogen-bond acceptors (Lipinski definition) is 36. The minimum absolute atomic E-state index is 0.0133. The van der Waals surface area contributed by atoms with Gasteiger partial charge in [-0.05, 0) is 89.5 Å². The van der Waals surface area contributed by atoms with Crippen molar-refractivity contribution in [3.05, 3.63) is 340 Å². The summed E-state index contributed by atoms with van der Waals surface area (Å²) in [6.07, 6.45) is -18.5. The molecule has 3 unspecified atom stereocenters. The van der Waals surface area contributed by atoms with Gasteiger partial charge in [-0.3, -0.25) is 64.5 Å². The molecule has 5 aromatic heterocycles. The van der Waals surface area contributed by atoms with Crippen LogP contribution in [0.4, 0.5) is 11.6 Å². The van der Waals surface area contributed by atoms with Crippen molar-refractivity contribution in [2.45, 2.75) is 92.0 Å². The van der Waals surface area contributed by atoms with Crippen molar-refractivity contribution < 1.29 is 131 Å². The number of hydrogen-bond donors (Lipinski definition) is 4. The van der Waals surface area contributed by atoms with E-state index in [9.17, 15) is 63.1 Å². The van der Waals surface area contributed by atoms with Crippen LogP contribution in [0, 0.1) is 22.7 Å². The summed E-state index contributed by atoms with van der Waals surface area (Å²) >= 11 is 0. The summed E-state index contributed by atoms with van der Waals surface area (Å²) < 4.78 is 159. The van der Waals surface area contributed by atoms with Crippen LogP contribution in [0.25, 0.3) is 22.3 Å². The molecule has 48 heteroatoms. The largest absolute Gasteiger partial charge is 0.497 e. The zero-order valence-corrected chi connectivity index (χ0v) is 77.4. The molecule has 2 amide bonds. The summed E-state index contributed by atoms with van der Waals surface area (Å²) in [5.41, 5.74) is -2.17. The highest BCUT2D eigenvalue weighted by molar-refractivity contribution is 7.60. The molecule has 0 aliphatic carbocycles. The van der Waals surface area contributed by atoms with Gasteiger partial charge in [-0.2, -0.15) is 19.4 Å². The fourth-order valence-electron chi connectivity index (χ4n) is 16.0. The average Bonchev–Trinajstić information content (AvgIpc) is 1.55. The lowest BCUT2D eigenvalue weighted by molar-refractivity contribution is -0.0686. The van der Waals surface area contributed by atoms with Crippen molar-refractivity contribution in [1.29, 1.82) is 10.5 Å². The Balaban J connectivity index is 0.772. The molecule has 0 saturated carbocycles. The van der Waals surface area contributed by atoms with Crippen molar-refractivity contribution in [1.82, 2.24) is 48.2 Å². The van der Waals surface area contributed by atoms with Gasteiger partial charge in [0.1, 0.15) is 66.7 Å². The van der Waals surface area contributed by atoms with Crippen molar-refractivity contribution >= 4 is 94.9 Å². The zero-order valence-electron chi connectivity index (χ0n) is 73.8. The number of rotatable bonds is 40. The first-order valence-corrected chi connectivity index (χ1v) is 48.6. The molecule has 0 radical (unpaired) electrons. The van der Waals surface area contributed by atoms with Gasteiger partial charge in [0.2, 0.25) is 0 Å². The number of phosphoric ester groups is 3. The smallest absolute Gasteiger partial charge is 0.481 e. The maximum absolute atomic E-state index is 16.5. The van der Waals surface area contributed by atoms with Crippen molar-refractivity contribution in [2.24, 2.45) is 0 Å². The van der Waals surface area contributed by atoms with Crippen molar-refractivity contribution in [2.75, 3.05) is 64.6 Å². The number of methoxy groups -OCH3 is 3. The molecule has 8 heterocycles. The van der Waals surface area contributed by atoms with Gasteiger partial charge in [0.05, 0.1) is 88.9 Å². The number of ether oxygens (including phenoxy) is 8. The van der Waals surface area contributed by atoms with E-state index in [-0.39, 0.29) is 66.3 Å². The molecule has 3 fully saturated rings. The highest BCUT2D eigenvalue weighted by atomic mass is 31.3. The van der Waals surface area contributed by atoms with Crippen LogP contribution in [0.2, 0.25) is 0 Å². The lowest BCUT2D eigenvalue weighted by Crippen LogP contribution is -2.46. The van der Waals surface area contributed by atoms with E-state index in [0.29, 0.717) is 15.9 Å². The van der Waals surface area contributed by atoms with Crippen LogP contribution in [-0.2, 0) is 92.9 Å². The van der Waals surface area contributed by atoms with Crippen molar-refractivity contribution in [3.63, 3.8) is 0 Å². The number of imidazole rings is 2. The standard InChI is InChI=1S/C92H84N14O30P4/c1-121-66-43-41-65(42-44-66)92(63-37-21-9-22-38-63,64-39-23-10-24-40-64)101-79-71-80(96-54-95-79)103(56-99-71)87-77(123-3)74(68(131-87)51-126-138(117,118)136-137(114,115)116)134-140(120,125-50-26-47-94)128-53-69-75(76(122-2)86(130-69)102-48-45-70(107)105(91(102)113)83(108)58-27-11-4-12-28-58)135-139(119,124-49-25-46-93)127-52-67-73(132-89(111)61-33-17-7-18-34-61)78(133-90(112)62-35-19-8-20-36-62)88(129-67)104-57-100-72-81(104)97-55-98-82(72)106(84(109)59-29-13-5-14-30-59)85(110)60-31-15-6-16-32-60/h4-24,27-45,48,54-57,67-69,73-78,86-88H,25-26,49-53H2,1-3H3,(H,117,118)(H,95,96,101)(H2,114,115,116)/t67-,68-,69-,73-,74-,75-,76-,77-,78-,86-,87-,88-,139?,140?/m1/s1. The SMILES string of the molecule is COc1ccc(C(Nc2ncnc3c2ncn3[C@@H]2O[C@H](COP(=O)(O)OP(=O)(O)O)[C@@H](OP(=O)(OCCC#N)OC[C@H]3O[C@@H](n4ccc(=O)n(C(=O)c5ccccc5)c4=O)[C@H](OC)[C@@H]3OP(=O)(OCCC#N)OC[C@H]3O[C@@H](n4cnc5c(N(C(=O)c6ccccc6)C(=O)c6ccccc6)ncnc54)[C@H](OC(=O)c4ccccc4)[C@@H]3OC(=O)c3ccccc3)[C@H]2OC)(c2ccccc2)c2ccccc2)cc1. The Morgan fingerprint density at radius 2 is 0.864 bits per heavy atom. The molecule has 44 nitrogen and oxygen atoms in total. The molecule has 722 valence electrons. The number of imide groups is 1. The maximum Gasteiger partial charge on any atom is 0.481 e. The Hall–Kier alpha value is -13.9. The van der Waals surface area contributed by atoms with E-state index in [2.05, 4.69) is 29.6 Å². The van der Waals surface area contributed by atoms with Crippen LogP contribution in [0.1, 0.15) is 100 Å². The molecular formula is C92H84N14O30P4. The Labute approximate surface area is 794 Å². The molecule has 3 aliphatic rings. The fourth-order valence-corrected chi connectivity index (χ4v) is 20.4. The van der Waals surface area contributed by atoms with Gasteiger partial charge in [-0.15, -0.1) is 0 Å². The fraction of sp³-hybridized carbons (Fsp3) is 0.250. The van der Waals surface area contributed by atoms with Gasteiger partial charge in [0.25, 0.3) is 23.3 Å². The Morgan fingerprint density at radius 1 is 0.457 bits per heavy atom. The third kappa shape index (κ3) is 21.8. The van der Waals surface area contributed by atoms with Gasteiger partial charge < -0.3 is 57.9 Å². The number of nitrogens with zero attached hydrogens (tertiary/aromatic N) is 13. The van der Waals surface area contributed by atoms with E-state index >= 15 is 13.9 Å². The first kappa shape index (κ1) is 99.2. The van der Waals surface area contributed by atoms with Crippen LogP contribution >= 0.6 is 31.3 Å². The van der Waals surface area contributed by atoms with Gasteiger partial charge in [-0.25, -0.2) is 67.4 Å². The molecule has 3 aliphatic heterocycles. The molecular weight excluding hydrogens is 1900 g/mol. The normalized spacial score (nSPS) is 20.9. The average molecular weight is 1990 g/mol. The van der Waals surface area contributed by atoms with E-state index in [1.165, 1.54) is 126 Å². The summed E-state index contributed by atoms with van der Waals surface area (Å²) in [6.45, 7) is -5.30. The third-order valence-electron chi connectivity index (χ3n) is 22.4. The molecule has 16 rings (SSSR count). The highest BCUT2D eigenvalue weighted by Crippen LogP contribution is 2.60. The molecule has 13 aromatic rings. The number of nitrogens with one attached hydrogen (secondary N) is 1. The number of amides is 2. The van der Waals surface area contributed by atoms with E-state index in [4.69, 9.17) is 79.5 Å². The maximum atomic E-state index is 16.5. The van der Waals surface area contributed by atoms with E-state index < -0.39 is 197 Å². The first-order valence-electron chi connectivity index (χ1n) is 42.7. The van der Waals surface area contributed by atoms with Crippen LogP contribution in [0.3, 0.4) is 0 Å². The van der Waals surface area contributed by atoms with Crippen molar-refractivity contribution in [3.8, 4) is 17.9 Å². The molecule has 4 N–H and O–H groups in total.